The molecule has 11 heteroatoms. The van der Waals surface area contributed by atoms with Crippen molar-refractivity contribution in [2.75, 3.05) is 11.1 Å². The molecule has 0 bridgehead atoms. The number of rotatable bonds is 7. The topological polar surface area (TPSA) is 119 Å². The van der Waals surface area contributed by atoms with E-state index in [9.17, 15) is 13.6 Å². The van der Waals surface area contributed by atoms with Crippen molar-refractivity contribution in [2.24, 2.45) is 0 Å². The predicted octanol–water partition coefficient (Wildman–Crippen LogP) is 5.58. The third-order valence-corrected chi connectivity index (χ3v) is 6.45. The second-order valence-electron chi connectivity index (χ2n) is 7.79. The Labute approximate surface area is 222 Å². The summed E-state index contributed by atoms with van der Waals surface area (Å²) in [4.78, 5) is 30.7. The largest absolute Gasteiger partial charge is 0.383 e. The predicted molar refractivity (Wildman–Crippen MR) is 145 cm³/mol. The first-order valence-corrected chi connectivity index (χ1v) is 12.7. The molecule has 0 fully saturated rings. The van der Waals surface area contributed by atoms with Crippen LogP contribution in [0, 0.1) is 11.6 Å². The first kappa shape index (κ1) is 26.6. The highest BCUT2D eigenvalue weighted by atomic mass is 32.1. The van der Waals surface area contributed by atoms with Crippen LogP contribution in [-0.4, -0.2) is 25.8 Å². The van der Waals surface area contributed by atoms with Crippen LogP contribution in [0.2, 0.25) is 0 Å². The first-order chi connectivity index (χ1) is 18.5. The molecule has 194 valence electrons. The van der Waals surface area contributed by atoms with Gasteiger partial charge in [-0.3, -0.25) is 4.79 Å². The SMILES string of the molecule is CC.Nc1ncnc2ccc(-c3cnc(CNc4ncccc4C(=O)NCc4ccc(F)c(F)c4)s3)cc12. The summed E-state index contributed by atoms with van der Waals surface area (Å²) in [5.74, 6) is -1.50. The van der Waals surface area contributed by atoms with Gasteiger partial charge in [-0.15, -0.1) is 11.3 Å². The molecular formula is C27H25F2N7OS. The number of thiazole rings is 1. The van der Waals surface area contributed by atoms with E-state index in [1.165, 1.54) is 23.7 Å². The molecule has 0 atom stereocenters. The van der Waals surface area contributed by atoms with Gasteiger partial charge in [0.15, 0.2) is 11.6 Å². The van der Waals surface area contributed by atoms with Crippen molar-refractivity contribution in [3.63, 3.8) is 0 Å². The summed E-state index contributed by atoms with van der Waals surface area (Å²) < 4.78 is 26.5. The van der Waals surface area contributed by atoms with Gasteiger partial charge in [-0.25, -0.2) is 28.7 Å². The van der Waals surface area contributed by atoms with E-state index in [0.29, 0.717) is 29.3 Å². The van der Waals surface area contributed by atoms with E-state index in [-0.39, 0.29) is 6.54 Å². The molecule has 0 radical (unpaired) electrons. The molecular weight excluding hydrogens is 508 g/mol. The number of halogens is 2. The molecule has 2 aromatic carbocycles. The molecule has 38 heavy (non-hydrogen) atoms. The Morgan fingerprint density at radius 1 is 0.974 bits per heavy atom. The number of nitrogen functional groups attached to an aromatic ring is 1. The lowest BCUT2D eigenvalue weighted by atomic mass is 10.1. The fourth-order valence-electron chi connectivity index (χ4n) is 3.57. The minimum atomic E-state index is -0.964. The summed E-state index contributed by atoms with van der Waals surface area (Å²) in [6.45, 7) is 4.39. The summed E-state index contributed by atoms with van der Waals surface area (Å²) in [5, 5.41) is 7.43. The van der Waals surface area contributed by atoms with Gasteiger partial charge in [0.25, 0.3) is 5.91 Å². The van der Waals surface area contributed by atoms with Crippen LogP contribution in [0.4, 0.5) is 20.4 Å². The van der Waals surface area contributed by atoms with Gasteiger partial charge in [0.05, 0.1) is 22.5 Å². The number of nitrogens with zero attached hydrogens (tertiary/aromatic N) is 4. The van der Waals surface area contributed by atoms with Gasteiger partial charge >= 0.3 is 0 Å². The summed E-state index contributed by atoms with van der Waals surface area (Å²) >= 11 is 1.49. The van der Waals surface area contributed by atoms with Crippen molar-refractivity contribution in [3.8, 4) is 10.4 Å². The van der Waals surface area contributed by atoms with E-state index in [4.69, 9.17) is 5.73 Å². The average molecular weight is 534 g/mol. The first-order valence-electron chi connectivity index (χ1n) is 11.8. The third kappa shape index (κ3) is 6.06. The fraction of sp³-hybridized carbons (Fsp3) is 0.148. The smallest absolute Gasteiger partial charge is 0.255 e. The van der Waals surface area contributed by atoms with Crippen molar-refractivity contribution in [1.82, 2.24) is 25.3 Å². The highest BCUT2D eigenvalue weighted by Gasteiger charge is 2.14. The lowest BCUT2D eigenvalue weighted by Gasteiger charge is -2.10. The van der Waals surface area contributed by atoms with Gasteiger partial charge in [-0.05, 0) is 47.5 Å². The van der Waals surface area contributed by atoms with Gasteiger partial charge in [0.2, 0.25) is 0 Å². The Hall–Kier alpha value is -4.51. The van der Waals surface area contributed by atoms with Crippen molar-refractivity contribution in [1.29, 1.82) is 0 Å². The van der Waals surface area contributed by atoms with Gasteiger partial charge in [-0.1, -0.05) is 26.0 Å². The summed E-state index contributed by atoms with van der Waals surface area (Å²) in [6.07, 6.45) is 4.78. The Kier molecular flexibility index (Phi) is 8.49. The zero-order valence-electron chi connectivity index (χ0n) is 20.7. The molecule has 0 saturated heterocycles. The highest BCUT2D eigenvalue weighted by Crippen LogP contribution is 2.30. The van der Waals surface area contributed by atoms with Crippen molar-refractivity contribution in [2.45, 2.75) is 26.9 Å². The van der Waals surface area contributed by atoms with Crippen molar-refractivity contribution >= 4 is 39.8 Å². The minimum absolute atomic E-state index is 0.0432. The Morgan fingerprint density at radius 2 is 1.82 bits per heavy atom. The number of carbonyl (C=O) groups excluding carboxylic acids is 1. The molecule has 3 aromatic heterocycles. The maximum absolute atomic E-state index is 13.4. The molecule has 0 spiro atoms. The lowest BCUT2D eigenvalue weighted by molar-refractivity contribution is 0.0951. The number of anilines is 2. The summed E-state index contributed by atoms with van der Waals surface area (Å²) in [5.41, 5.74) is 8.46. The molecule has 0 aliphatic heterocycles. The number of pyridine rings is 1. The number of hydrogen-bond donors (Lipinski definition) is 3. The molecule has 1 amide bonds. The molecule has 0 unspecified atom stereocenters. The van der Waals surface area contributed by atoms with E-state index in [0.717, 1.165) is 38.5 Å². The van der Waals surface area contributed by atoms with Crippen LogP contribution < -0.4 is 16.4 Å². The molecule has 0 saturated carbocycles. The van der Waals surface area contributed by atoms with Crippen LogP contribution in [0.3, 0.4) is 0 Å². The van der Waals surface area contributed by atoms with Gasteiger partial charge < -0.3 is 16.4 Å². The van der Waals surface area contributed by atoms with Crippen LogP contribution in [0.15, 0.2) is 67.3 Å². The maximum Gasteiger partial charge on any atom is 0.255 e. The molecule has 5 aromatic rings. The second-order valence-corrected chi connectivity index (χ2v) is 8.91. The molecule has 0 aliphatic carbocycles. The Bertz CT molecular complexity index is 1570. The lowest BCUT2D eigenvalue weighted by Crippen LogP contribution is -2.24. The monoisotopic (exact) mass is 533 g/mol. The summed E-state index contributed by atoms with van der Waals surface area (Å²) in [6, 6.07) is 12.5. The zero-order chi connectivity index (χ0) is 27.1. The normalized spacial score (nSPS) is 10.5. The molecule has 3 heterocycles. The molecule has 5 rings (SSSR count). The standard InChI is InChI=1S/C25H19F2N7OS.C2H6/c26-18-5-3-14(8-19(18)27)10-32-25(35)16-2-1-7-29-24(16)31-12-22-30-11-21(36-22)15-4-6-20-17(9-15)23(28)34-13-33-20;1-2/h1-9,11,13H,10,12H2,(H,29,31)(H,32,35)(H2,28,33,34);1-2H3. The van der Waals surface area contributed by atoms with Gasteiger partial charge in [0, 0.05) is 24.3 Å². The zero-order valence-corrected chi connectivity index (χ0v) is 21.5. The maximum atomic E-state index is 13.4. The highest BCUT2D eigenvalue weighted by molar-refractivity contribution is 7.15. The number of benzene rings is 2. The fourth-order valence-corrected chi connectivity index (χ4v) is 4.43. The van der Waals surface area contributed by atoms with Crippen LogP contribution in [0.25, 0.3) is 21.3 Å². The second kappa shape index (κ2) is 12.2. The Balaban J connectivity index is 0.00000164. The number of amides is 1. The van der Waals surface area contributed by atoms with E-state index >= 15 is 0 Å². The quantitative estimate of drug-likeness (QED) is 0.250. The van der Waals surface area contributed by atoms with Crippen LogP contribution >= 0.6 is 11.3 Å². The van der Waals surface area contributed by atoms with Gasteiger partial charge in [-0.2, -0.15) is 0 Å². The minimum Gasteiger partial charge on any atom is -0.383 e. The molecule has 0 aliphatic rings. The third-order valence-electron chi connectivity index (χ3n) is 5.40. The summed E-state index contributed by atoms with van der Waals surface area (Å²) in [7, 11) is 0. The average Bonchev–Trinajstić information content (AvgIpc) is 3.43. The number of hydrogen-bond acceptors (Lipinski definition) is 8. The van der Waals surface area contributed by atoms with Crippen LogP contribution in [-0.2, 0) is 13.1 Å². The van der Waals surface area contributed by atoms with E-state index < -0.39 is 17.5 Å². The van der Waals surface area contributed by atoms with Crippen LogP contribution in [0.1, 0.15) is 34.8 Å². The van der Waals surface area contributed by atoms with E-state index in [1.54, 1.807) is 24.5 Å². The number of fused-ring (bicyclic) bond motifs is 1. The number of nitrogens with two attached hydrogens (primary N) is 1. The number of aromatic nitrogens is 4. The van der Waals surface area contributed by atoms with E-state index in [1.807, 2.05) is 32.0 Å². The van der Waals surface area contributed by atoms with E-state index in [2.05, 4.69) is 30.6 Å². The number of carbonyl (C=O) groups is 1. The Morgan fingerprint density at radius 3 is 2.63 bits per heavy atom. The van der Waals surface area contributed by atoms with Crippen LogP contribution in [0.5, 0.6) is 0 Å². The molecule has 8 nitrogen and oxygen atoms in total. The van der Waals surface area contributed by atoms with Gasteiger partial charge in [0.1, 0.15) is 23.0 Å². The molecule has 4 N–H and O–H groups in total. The van der Waals surface area contributed by atoms with Crippen molar-refractivity contribution in [3.05, 3.63) is 95.0 Å². The van der Waals surface area contributed by atoms with Crippen molar-refractivity contribution < 1.29 is 13.6 Å². The number of nitrogens with one attached hydrogen (secondary N) is 2.